The van der Waals surface area contributed by atoms with E-state index in [1.54, 1.807) is 0 Å². The van der Waals surface area contributed by atoms with Gasteiger partial charge in [-0.2, -0.15) is 0 Å². The summed E-state index contributed by atoms with van der Waals surface area (Å²) in [6.45, 7) is 0.653. The van der Waals surface area contributed by atoms with Crippen LogP contribution in [0.25, 0.3) is 0 Å². The summed E-state index contributed by atoms with van der Waals surface area (Å²) in [6.07, 6.45) is 1.86. The number of thioether (sulfide) groups is 1. The van der Waals surface area contributed by atoms with E-state index in [0.717, 1.165) is 23.3 Å². The van der Waals surface area contributed by atoms with Crippen LogP contribution in [0, 0.1) is 0 Å². The van der Waals surface area contributed by atoms with Crippen LogP contribution in [0.3, 0.4) is 0 Å². The Morgan fingerprint density at radius 1 is 0.889 bits per heavy atom. The van der Waals surface area contributed by atoms with E-state index < -0.39 is 0 Å². The number of hydrogen-bond acceptors (Lipinski definition) is 2. The highest BCUT2D eigenvalue weighted by Gasteiger charge is 2.22. The highest BCUT2D eigenvalue weighted by atomic mass is 35.5. The second-order valence-corrected chi connectivity index (χ2v) is 7.77. The van der Waals surface area contributed by atoms with Crippen molar-refractivity contribution in [2.45, 2.75) is 23.0 Å². The molecule has 0 aliphatic heterocycles. The number of hydrogen-bond donors (Lipinski definition) is 1. The Morgan fingerprint density at radius 2 is 1.52 bits per heavy atom. The minimum atomic E-state index is -0.331. The van der Waals surface area contributed by atoms with Gasteiger partial charge in [-0.1, -0.05) is 84.4 Å². The molecule has 0 spiro atoms. The molecule has 1 N–H and O–H groups in total. The van der Waals surface area contributed by atoms with Crippen molar-refractivity contribution < 1.29 is 4.79 Å². The lowest BCUT2D eigenvalue weighted by molar-refractivity contribution is -0.120. The zero-order valence-electron chi connectivity index (χ0n) is 15.0. The second kappa shape index (κ2) is 10.2. The minimum Gasteiger partial charge on any atom is -0.355 e. The minimum absolute atomic E-state index is 0.0131. The molecule has 4 heteroatoms. The van der Waals surface area contributed by atoms with Gasteiger partial charge in [0.1, 0.15) is 5.25 Å². The van der Waals surface area contributed by atoms with Crippen LogP contribution in [-0.4, -0.2) is 12.5 Å². The van der Waals surface area contributed by atoms with Crippen molar-refractivity contribution in [1.82, 2.24) is 5.32 Å². The number of amides is 1. The SMILES string of the molecule is O=C(NCCCc1ccccc1)C(Sc1ccccc1Cl)c1ccccc1. The van der Waals surface area contributed by atoms with Crippen LogP contribution < -0.4 is 5.32 Å². The predicted octanol–water partition coefficient (Wildman–Crippen LogP) is 5.92. The van der Waals surface area contributed by atoms with Gasteiger partial charge in [-0.05, 0) is 36.1 Å². The van der Waals surface area contributed by atoms with E-state index in [2.05, 4.69) is 17.4 Å². The summed E-state index contributed by atoms with van der Waals surface area (Å²) in [6, 6.07) is 27.8. The molecule has 0 radical (unpaired) electrons. The Morgan fingerprint density at radius 3 is 2.22 bits per heavy atom. The third-order valence-electron chi connectivity index (χ3n) is 4.21. The molecule has 0 fully saturated rings. The first-order chi connectivity index (χ1) is 13.2. The first-order valence-corrected chi connectivity index (χ1v) is 10.3. The van der Waals surface area contributed by atoms with Crippen LogP contribution in [0.2, 0.25) is 5.02 Å². The van der Waals surface area contributed by atoms with Gasteiger partial charge in [0.25, 0.3) is 0 Å². The predicted molar refractivity (Wildman–Crippen MR) is 114 cm³/mol. The fourth-order valence-corrected chi connectivity index (χ4v) is 4.15. The lowest BCUT2D eigenvalue weighted by Gasteiger charge is -2.17. The highest BCUT2D eigenvalue weighted by Crippen LogP contribution is 2.38. The number of benzene rings is 3. The standard InChI is InChI=1S/C23H22ClNOS/c24-20-15-7-8-16-21(20)27-22(19-13-5-2-6-14-19)23(26)25-17-9-12-18-10-3-1-4-11-18/h1-8,10-11,13-16,22H,9,12,17H2,(H,25,26). The molecule has 1 atom stereocenters. The number of rotatable bonds is 8. The number of carbonyl (C=O) groups excluding carboxylic acids is 1. The van der Waals surface area contributed by atoms with Gasteiger partial charge in [0, 0.05) is 11.4 Å². The van der Waals surface area contributed by atoms with Crippen molar-refractivity contribution in [1.29, 1.82) is 0 Å². The second-order valence-electron chi connectivity index (χ2n) is 6.22. The summed E-state index contributed by atoms with van der Waals surface area (Å²) in [4.78, 5) is 13.8. The topological polar surface area (TPSA) is 29.1 Å². The molecule has 0 saturated carbocycles. The molecule has 0 heterocycles. The molecule has 2 nitrogen and oxygen atoms in total. The summed E-state index contributed by atoms with van der Waals surface area (Å²) in [7, 11) is 0. The van der Waals surface area contributed by atoms with Crippen LogP contribution >= 0.6 is 23.4 Å². The number of halogens is 1. The Balaban J connectivity index is 1.63. The van der Waals surface area contributed by atoms with Gasteiger partial charge in [0.2, 0.25) is 5.91 Å². The van der Waals surface area contributed by atoms with Crippen molar-refractivity contribution in [2.24, 2.45) is 0 Å². The van der Waals surface area contributed by atoms with Crippen molar-refractivity contribution >= 4 is 29.3 Å². The van der Waals surface area contributed by atoms with E-state index in [1.165, 1.54) is 17.3 Å². The molecule has 1 unspecified atom stereocenters. The van der Waals surface area contributed by atoms with Gasteiger partial charge < -0.3 is 5.32 Å². The van der Waals surface area contributed by atoms with Crippen LogP contribution in [0.15, 0.2) is 89.8 Å². The monoisotopic (exact) mass is 395 g/mol. The van der Waals surface area contributed by atoms with E-state index in [4.69, 9.17) is 11.6 Å². The van der Waals surface area contributed by atoms with Crippen molar-refractivity contribution in [3.8, 4) is 0 Å². The van der Waals surface area contributed by atoms with Gasteiger partial charge in [0.15, 0.2) is 0 Å². The van der Waals surface area contributed by atoms with Crippen LogP contribution in [-0.2, 0) is 11.2 Å². The molecule has 27 heavy (non-hydrogen) atoms. The Hall–Kier alpha value is -2.23. The average molecular weight is 396 g/mol. The summed E-state index contributed by atoms with van der Waals surface area (Å²) < 4.78 is 0. The number of carbonyl (C=O) groups is 1. The van der Waals surface area contributed by atoms with Crippen molar-refractivity contribution in [3.05, 3.63) is 101 Å². The molecule has 1 amide bonds. The Bertz CT molecular complexity index is 855. The van der Waals surface area contributed by atoms with E-state index in [-0.39, 0.29) is 11.2 Å². The number of aryl methyl sites for hydroxylation is 1. The smallest absolute Gasteiger partial charge is 0.237 e. The molecule has 0 aromatic heterocycles. The molecule has 0 aliphatic rings. The summed E-state index contributed by atoms with van der Waals surface area (Å²) in [5, 5.41) is 3.42. The maximum atomic E-state index is 12.9. The van der Waals surface area contributed by atoms with Gasteiger partial charge in [-0.25, -0.2) is 0 Å². The average Bonchev–Trinajstić information content (AvgIpc) is 2.72. The number of nitrogens with one attached hydrogen (secondary N) is 1. The molecule has 0 bridgehead atoms. The fourth-order valence-electron chi connectivity index (χ4n) is 2.81. The van der Waals surface area contributed by atoms with E-state index in [0.29, 0.717) is 11.6 Å². The third kappa shape index (κ3) is 5.88. The van der Waals surface area contributed by atoms with E-state index in [9.17, 15) is 4.79 Å². The molecule has 3 rings (SSSR count). The summed E-state index contributed by atoms with van der Waals surface area (Å²) in [5.41, 5.74) is 2.26. The lowest BCUT2D eigenvalue weighted by atomic mass is 10.1. The molecular weight excluding hydrogens is 374 g/mol. The van der Waals surface area contributed by atoms with Crippen LogP contribution in [0.1, 0.15) is 22.8 Å². The lowest BCUT2D eigenvalue weighted by Crippen LogP contribution is -2.29. The molecule has 3 aromatic carbocycles. The first-order valence-electron chi connectivity index (χ1n) is 9.02. The van der Waals surface area contributed by atoms with Gasteiger partial charge in [-0.3, -0.25) is 4.79 Å². The first kappa shape index (κ1) is 19.5. The quantitative estimate of drug-likeness (QED) is 0.378. The maximum absolute atomic E-state index is 12.9. The van der Waals surface area contributed by atoms with Gasteiger partial charge >= 0.3 is 0 Å². The van der Waals surface area contributed by atoms with Gasteiger partial charge in [0.05, 0.1) is 5.02 Å². The molecule has 3 aromatic rings. The Labute approximate surface area is 170 Å². The van der Waals surface area contributed by atoms with E-state index in [1.807, 2.05) is 72.8 Å². The highest BCUT2D eigenvalue weighted by molar-refractivity contribution is 8.00. The maximum Gasteiger partial charge on any atom is 0.237 e. The van der Waals surface area contributed by atoms with Gasteiger partial charge in [-0.15, -0.1) is 11.8 Å². The van der Waals surface area contributed by atoms with Crippen LogP contribution in [0.5, 0.6) is 0 Å². The molecular formula is C23H22ClNOS. The van der Waals surface area contributed by atoms with Crippen molar-refractivity contribution in [2.75, 3.05) is 6.54 Å². The van der Waals surface area contributed by atoms with Crippen molar-refractivity contribution in [3.63, 3.8) is 0 Å². The zero-order valence-corrected chi connectivity index (χ0v) is 16.5. The summed E-state index contributed by atoms with van der Waals surface area (Å²) in [5.74, 6) is 0.0131. The zero-order chi connectivity index (χ0) is 18.9. The molecule has 138 valence electrons. The molecule has 0 aliphatic carbocycles. The van der Waals surface area contributed by atoms with E-state index >= 15 is 0 Å². The van der Waals surface area contributed by atoms with Crippen LogP contribution in [0.4, 0.5) is 0 Å². The largest absolute Gasteiger partial charge is 0.355 e. The molecule has 0 saturated heterocycles. The summed E-state index contributed by atoms with van der Waals surface area (Å²) >= 11 is 7.79. The fraction of sp³-hybridized carbons (Fsp3) is 0.174. The third-order valence-corrected chi connectivity index (χ3v) is 5.98. The normalized spacial score (nSPS) is 11.7. The Kier molecular flexibility index (Phi) is 7.37.